The summed E-state index contributed by atoms with van der Waals surface area (Å²) >= 11 is 5.99. The third-order valence-electron chi connectivity index (χ3n) is 5.06. The maximum atomic E-state index is 12.5. The zero-order chi connectivity index (χ0) is 20.3. The summed E-state index contributed by atoms with van der Waals surface area (Å²) < 4.78 is 37.6. The molecule has 1 aliphatic heterocycles. The van der Waals surface area contributed by atoms with Crippen molar-refractivity contribution < 1.29 is 23.1 Å². The van der Waals surface area contributed by atoms with Gasteiger partial charge in [0.15, 0.2) is 0 Å². The largest absolute Gasteiger partial charge is 0.471 e. The van der Waals surface area contributed by atoms with Gasteiger partial charge in [-0.3, -0.25) is 4.79 Å². The number of carbonyl (C=O) groups excluding carboxylic acids is 1. The molecule has 1 amide bonds. The molecule has 2 fully saturated rings. The molecule has 3 rings (SSSR count). The number of halogens is 4. The van der Waals surface area contributed by atoms with E-state index < -0.39 is 12.1 Å². The third kappa shape index (κ3) is 5.30. The number of alkyl halides is 3. The van der Waals surface area contributed by atoms with Crippen molar-refractivity contribution >= 4 is 23.2 Å². The molecule has 1 aromatic heterocycles. The van der Waals surface area contributed by atoms with Crippen molar-refractivity contribution in [2.45, 2.75) is 50.4 Å². The number of hydrogen-bond donors (Lipinski definition) is 2. The molecule has 9 heteroatoms. The van der Waals surface area contributed by atoms with E-state index in [-0.39, 0.29) is 31.2 Å². The van der Waals surface area contributed by atoms with Gasteiger partial charge in [0, 0.05) is 31.2 Å². The van der Waals surface area contributed by atoms with Crippen LogP contribution in [0.5, 0.6) is 0 Å². The summed E-state index contributed by atoms with van der Waals surface area (Å²) in [5.74, 6) is 3.81. The van der Waals surface area contributed by atoms with E-state index in [1.807, 2.05) is 0 Å². The molecule has 1 unspecified atom stereocenters. The Morgan fingerprint density at radius 1 is 1.29 bits per heavy atom. The van der Waals surface area contributed by atoms with Crippen LogP contribution in [0.15, 0.2) is 12.3 Å². The number of nitrogens with zero attached hydrogens (tertiary/aromatic N) is 2. The van der Waals surface area contributed by atoms with Crippen molar-refractivity contribution in [1.82, 2.24) is 9.88 Å². The van der Waals surface area contributed by atoms with Gasteiger partial charge >= 0.3 is 12.1 Å². The van der Waals surface area contributed by atoms with E-state index in [0.717, 1.165) is 36.3 Å². The second kappa shape index (κ2) is 8.58. The molecule has 2 aliphatic rings. The fourth-order valence-corrected chi connectivity index (χ4v) is 3.67. The highest BCUT2D eigenvalue weighted by molar-refractivity contribution is 6.29. The number of carbonyl (C=O) groups is 1. The van der Waals surface area contributed by atoms with Crippen LogP contribution in [0.3, 0.4) is 0 Å². The molecule has 0 spiro atoms. The predicted molar refractivity (Wildman–Crippen MR) is 98.8 cm³/mol. The summed E-state index contributed by atoms with van der Waals surface area (Å²) in [6.45, 7) is 0.0156. The smallest absolute Gasteiger partial charge is 0.393 e. The van der Waals surface area contributed by atoms with Crippen LogP contribution in [0.4, 0.5) is 18.9 Å². The molecule has 1 aromatic rings. The number of hydrogen-bond acceptors (Lipinski definition) is 4. The van der Waals surface area contributed by atoms with E-state index in [1.165, 1.54) is 6.20 Å². The minimum absolute atomic E-state index is 0.0321. The first kappa shape index (κ1) is 20.7. The van der Waals surface area contributed by atoms with Gasteiger partial charge in [0.05, 0.1) is 17.4 Å². The number of nitrogens with one attached hydrogen (secondary N) is 1. The monoisotopic (exact) mass is 415 g/mol. The fourth-order valence-electron chi connectivity index (χ4n) is 3.51. The Kier molecular flexibility index (Phi) is 6.36. The molecule has 2 heterocycles. The van der Waals surface area contributed by atoms with Gasteiger partial charge in [0.2, 0.25) is 0 Å². The Morgan fingerprint density at radius 2 is 2.00 bits per heavy atom. The average molecular weight is 416 g/mol. The Bertz CT molecular complexity index is 783. The number of pyridine rings is 1. The van der Waals surface area contributed by atoms with Crippen LogP contribution in [0.2, 0.25) is 5.15 Å². The van der Waals surface area contributed by atoms with Crippen LogP contribution >= 0.6 is 11.6 Å². The Labute approximate surface area is 166 Å². The molecule has 5 nitrogen and oxygen atoms in total. The highest BCUT2D eigenvalue weighted by atomic mass is 35.5. The van der Waals surface area contributed by atoms with Crippen molar-refractivity contribution in [3.05, 3.63) is 23.0 Å². The van der Waals surface area contributed by atoms with E-state index in [0.29, 0.717) is 17.1 Å². The summed E-state index contributed by atoms with van der Waals surface area (Å²) in [7, 11) is 0. The third-order valence-corrected chi connectivity index (χ3v) is 5.26. The maximum absolute atomic E-state index is 12.5. The number of amides is 1. The molecular formula is C19H21ClF3N3O2. The van der Waals surface area contributed by atoms with Gasteiger partial charge in [-0.15, -0.1) is 0 Å². The normalized spacial score (nSPS) is 25.2. The first-order chi connectivity index (χ1) is 13.2. The fraction of sp³-hybridized carbons (Fsp3) is 0.579. The Morgan fingerprint density at radius 3 is 2.68 bits per heavy atom. The highest BCUT2D eigenvalue weighted by Gasteiger charge is 2.44. The lowest BCUT2D eigenvalue weighted by Crippen LogP contribution is -2.39. The lowest BCUT2D eigenvalue weighted by atomic mass is 9.93. The van der Waals surface area contributed by atoms with Gasteiger partial charge in [0.25, 0.3) is 0 Å². The Balaban J connectivity index is 1.67. The molecule has 0 aromatic carbocycles. The van der Waals surface area contributed by atoms with Crippen LogP contribution in [-0.4, -0.2) is 52.3 Å². The molecule has 1 saturated carbocycles. The molecule has 0 bridgehead atoms. The molecule has 28 heavy (non-hydrogen) atoms. The number of anilines is 1. The molecule has 1 atom stereocenters. The summed E-state index contributed by atoms with van der Waals surface area (Å²) in [6.07, 6.45) is -0.0838. The lowest BCUT2D eigenvalue weighted by molar-refractivity contribution is -0.184. The molecule has 152 valence electrons. The van der Waals surface area contributed by atoms with Crippen molar-refractivity contribution in [3.63, 3.8) is 0 Å². The summed E-state index contributed by atoms with van der Waals surface area (Å²) in [5.41, 5.74) is 1.33. The SMILES string of the molecule is O=C(N1CCC(C#Cc2cnc(Cl)cc2NC2CCC(O)CC2)C1)C(F)(F)F. The molecular weight excluding hydrogens is 395 g/mol. The van der Waals surface area contributed by atoms with Crippen LogP contribution in [0.25, 0.3) is 0 Å². The standard InChI is InChI=1S/C19H21ClF3N3O2/c20-17-9-16(25-14-3-5-15(27)6-4-14)13(10-24-17)2-1-12-7-8-26(11-12)18(28)19(21,22)23/h9-10,12,14-15,27H,3-8,11H2,(H,24,25). The van der Waals surface area contributed by atoms with Gasteiger partial charge in [-0.1, -0.05) is 23.4 Å². The van der Waals surface area contributed by atoms with Crippen molar-refractivity contribution in [2.24, 2.45) is 5.92 Å². The number of aliphatic hydroxyl groups is 1. The highest BCUT2D eigenvalue weighted by Crippen LogP contribution is 2.26. The summed E-state index contributed by atoms with van der Waals surface area (Å²) in [6, 6.07) is 1.86. The van der Waals surface area contributed by atoms with Gasteiger partial charge in [-0.05, 0) is 38.2 Å². The molecule has 0 radical (unpaired) electrons. The van der Waals surface area contributed by atoms with Crippen LogP contribution in [0, 0.1) is 17.8 Å². The maximum Gasteiger partial charge on any atom is 0.471 e. The van der Waals surface area contributed by atoms with E-state index >= 15 is 0 Å². The molecule has 1 saturated heterocycles. The molecule has 2 N–H and O–H groups in total. The first-order valence-corrected chi connectivity index (χ1v) is 9.58. The van der Waals surface area contributed by atoms with Gasteiger partial charge in [0.1, 0.15) is 5.15 Å². The minimum atomic E-state index is -4.85. The average Bonchev–Trinajstić information content (AvgIpc) is 3.10. The Hall–Kier alpha value is -1.98. The second-order valence-corrected chi connectivity index (χ2v) is 7.59. The van der Waals surface area contributed by atoms with Crippen LogP contribution < -0.4 is 5.32 Å². The first-order valence-electron chi connectivity index (χ1n) is 9.20. The van der Waals surface area contributed by atoms with Crippen molar-refractivity contribution in [2.75, 3.05) is 18.4 Å². The van der Waals surface area contributed by atoms with E-state index in [4.69, 9.17) is 11.6 Å². The van der Waals surface area contributed by atoms with Gasteiger partial charge in [-0.25, -0.2) is 4.98 Å². The van der Waals surface area contributed by atoms with Gasteiger partial charge in [-0.2, -0.15) is 13.2 Å². The zero-order valence-electron chi connectivity index (χ0n) is 15.1. The van der Waals surface area contributed by atoms with Gasteiger partial charge < -0.3 is 15.3 Å². The van der Waals surface area contributed by atoms with E-state index in [1.54, 1.807) is 6.07 Å². The van der Waals surface area contributed by atoms with Crippen molar-refractivity contribution in [3.8, 4) is 11.8 Å². The van der Waals surface area contributed by atoms with E-state index in [2.05, 4.69) is 22.1 Å². The second-order valence-electron chi connectivity index (χ2n) is 7.21. The minimum Gasteiger partial charge on any atom is -0.393 e. The van der Waals surface area contributed by atoms with Crippen molar-refractivity contribution in [1.29, 1.82) is 0 Å². The quantitative estimate of drug-likeness (QED) is 0.575. The number of aliphatic hydroxyl groups excluding tert-OH is 1. The van der Waals surface area contributed by atoms with Crippen LogP contribution in [-0.2, 0) is 4.79 Å². The van der Waals surface area contributed by atoms with E-state index in [9.17, 15) is 23.1 Å². The number of likely N-dealkylation sites (tertiary alicyclic amines) is 1. The molecule has 1 aliphatic carbocycles. The zero-order valence-corrected chi connectivity index (χ0v) is 15.9. The summed E-state index contributed by atoms with van der Waals surface area (Å²) in [4.78, 5) is 16.2. The predicted octanol–water partition coefficient (Wildman–Crippen LogP) is 3.21. The number of aromatic nitrogens is 1. The number of rotatable bonds is 2. The summed E-state index contributed by atoms with van der Waals surface area (Å²) in [5, 5.41) is 13.3. The topological polar surface area (TPSA) is 65.5 Å². The lowest BCUT2D eigenvalue weighted by Gasteiger charge is -2.27. The van der Waals surface area contributed by atoms with Crippen LogP contribution in [0.1, 0.15) is 37.7 Å².